The van der Waals surface area contributed by atoms with Gasteiger partial charge >= 0.3 is 0 Å². The van der Waals surface area contributed by atoms with Crippen molar-refractivity contribution in [1.82, 2.24) is 5.32 Å². The van der Waals surface area contributed by atoms with Crippen LogP contribution >= 0.6 is 0 Å². The quantitative estimate of drug-likeness (QED) is 0.832. The first-order valence-electron chi connectivity index (χ1n) is 8.35. The molecule has 0 radical (unpaired) electrons. The van der Waals surface area contributed by atoms with Gasteiger partial charge in [0.25, 0.3) is 0 Å². The number of rotatable bonds is 5. The minimum atomic E-state index is 0.862. The third kappa shape index (κ3) is 3.63. The first-order valence-corrected chi connectivity index (χ1v) is 8.35. The van der Waals surface area contributed by atoms with Gasteiger partial charge in [-0.2, -0.15) is 0 Å². The Morgan fingerprint density at radius 1 is 1.10 bits per heavy atom. The molecule has 1 aromatic carbocycles. The molecule has 1 saturated carbocycles. The molecular formula is C19H31N. The van der Waals surface area contributed by atoms with E-state index in [0.717, 1.165) is 17.8 Å². The van der Waals surface area contributed by atoms with E-state index < -0.39 is 0 Å². The smallest absolute Gasteiger partial charge is 0.00208 e. The Hall–Kier alpha value is -0.820. The van der Waals surface area contributed by atoms with Crippen LogP contribution in [-0.2, 0) is 6.42 Å². The van der Waals surface area contributed by atoms with Crippen molar-refractivity contribution < 1.29 is 0 Å². The Morgan fingerprint density at radius 2 is 1.80 bits per heavy atom. The molecule has 1 aliphatic rings. The van der Waals surface area contributed by atoms with Crippen LogP contribution in [0.1, 0.15) is 49.3 Å². The molecule has 1 nitrogen and oxygen atoms in total. The van der Waals surface area contributed by atoms with E-state index in [2.05, 4.69) is 51.3 Å². The van der Waals surface area contributed by atoms with Crippen LogP contribution in [0.15, 0.2) is 18.2 Å². The van der Waals surface area contributed by atoms with Crippen LogP contribution in [0.5, 0.6) is 0 Å². The maximum Gasteiger partial charge on any atom is -0.00208 e. The second-order valence-corrected chi connectivity index (χ2v) is 6.74. The van der Waals surface area contributed by atoms with Crippen molar-refractivity contribution >= 4 is 0 Å². The summed E-state index contributed by atoms with van der Waals surface area (Å²) in [5.74, 6) is 2.68. The highest BCUT2D eigenvalue weighted by atomic mass is 14.8. The van der Waals surface area contributed by atoms with E-state index in [1.165, 1.54) is 49.8 Å². The van der Waals surface area contributed by atoms with Crippen molar-refractivity contribution in [3.8, 4) is 0 Å². The van der Waals surface area contributed by atoms with E-state index in [0.29, 0.717) is 0 Å². The Kier molecular flexibility index (Phi) is 5.65. The summed E-state index contributed by atoms with van der Waals surface area (Å²) in [6.45, 7) is 8.09. The van der Waals surface area contributed by atoms with Gasteiger partial charge in [-0.3, -0.25) is 0 Å². The highest BCUT2D eigenvalue weighted by Gasteiger charge is 2.29. The van der Waals surface area contributed by atoms with Gasteiger partial charge in [-0.05, 0) is 81.1 Å². The van der Waals surface area contributed by atoms with Crippen LogP contribution in [0.2, 0.25) is 0 Å². The molecule has 2 rings (SSSR count). The van der Waals surface area contributed by atoms with E-state index in [-0.39, 0.29) is 0 Å². The van der Waals surface area contributed by atoms with Crippen LogP contribution in [0.3, 0.4) is 0 Å². The molecule has 0 heterocycles. The molecule has 112 valence electrons. The summed E-state index contributed by atoms with van der Waals surface area (Å²) in [4.78, 5) is 0. The van der Waals surface area contributed by atoms with Gasteiger partial charge in [0, 0.05) is 0 Å². The maximum atomic E-state index is 3.42. The maximum absolute atomic E-state index is 3.42. The van der Waals surface area contributed by atoms with Crippen molar-refractivity contribution in [1.29, 1.82) is 0 Å². The minimum absolute atomic E-state index is 0.862. The van der Waals surface area contributed by atoms with Crippen LogP contribution in [0.4, 0.5) is 0 Å². The molecule has 3 unspecified atom stereocenters. The second kappa shape index (κ2) is 7.26. The lowest BCUT2D eigenvalue weighted by molar-refractivity contribution is 0.173. The van der Waals surface area contributed by atoms with Gasteiger partial charge in [0.05, 0.1) is 0 Å². The predicted octanol–water partition coefficient (Wildman–Crippen LogP) is 4.51. The van der Waals surface area contributed by atoms with E-state index in [1.807, 2.05) is 0 Å². The molecule has 1 aliphatic carbocycles. The third-order valence-corrected chi connectivity index (χ3v) is 5.40. The summed E-state index contributed by atoms with van der Waals surface area (Å²) in [6, 6.07) is 6.74. The van der Waals surface area contributed by atoms with Gasteiger partial charge in [0.2, 0.25) is 0 Å². The fourth-order valence-corrected chi connectivity index (χ4v) is 4.01. The molecule has 0 bridgehead atoms. The Morgan fingerprint density at radius 3 is 2.40 bits per heavy atom. The summed E-state index contributed by atoms with van der Waals surface area (Å²) in [7, 11) is 2.10. The molecule has 0 spiro atoms. The number of benzene rings is 1. The van der Waals surface area contributed by atoms with Crippen LogP contribution in [-0.4, -0.2) is 13.6 Å². The average Bonchev–Trinajstić information content (AvgIpc) is 2.45. The monoisotopic (exact) mass is 273 g/mol. The Labute approximate surface area is 125 Å². The Bertz CT molecular complexity index is 404. The van der Waals surface area contributed by atoms with E-state index in [1.54, 1.807) is 5.56 Å². The van der Waals surface area contributed by atoms with Crippen LogP contribution in [0.25, 0.3) is 0 Å². The number of hydrogen-bond acceptors (Lipinski definition) is 1. The average molecular weight is 273 g/mol. The second-order valence-electron chi connectivity index (χ2n) is 6.74. The molecular weight excluding hydrogens is 242 g/mol. The highest BCUT2D eigenvalue weighted by molar-refractivity contribution is 5.33. The fraction of sp³-hybridized carbons (Fsp3) is 0.684. The molecule has 1 N–H and O–H groups in total. The largest absolute Gasteiger partial charge is 0.319 e. The van der Waals surface area contributed by atoms with Gasteiger partial charge in [0.15, 0.2) is 0 Å². The molecule has 1 heteroatoms. The van der Waals surface area contributed by atoms with Gasteiger partial charge in [-0.1, -0.05) is 38.0 Å². The zero-order valence-electron chi connectivity index (χ0n) is 13.7. The first-order chi connectivity index (χ1) is 9.65. The molecule has 3 atom stereocenters. The van der Waals surface area contributed by atoms with Crippen molar-refractivity contribution in [2.45, 2.75) is 52.9 Å². The van der Waals surface area contributed by atoms with Gasteiger partial charge in [-0.25, -0.2) is 0 Å². The fourth-order valence-electron chi connectivity index (χ4n) is 4.01. The number of nitrogens with one attached hydrogen (secondary N) is 1. The van der Waals surface area contributed by atoms with Crippen molar-refractivity contribution in [2.24, 2.45) is 17.8 Å². The van der Waals surface area contributed by atoms with Gasteiger partial charge in [0.1, 0.15) is 0 Å². The SMILES string of the molecule is CCC1CCC(CNC)C(Cc2c(C)cccc2C)C1. The lowest BCUT2D eigenvalue weighted by Gasteiger charge is -2.36. The summed E-state index contributed by atoms with van der Waals surface area (Å²) >= 11 is 0. The van der Waals surface area contributed by atoms with Crippen LogP contribution in [0, 0.1) is 31.6 Å². The van der Waals surface area contributed by atoms with E-state index in [4.69, 9.17) is 0 Å². The highest BCUT2D eigenvalue weighted by Crippen LogP contribution is 2.38. The van der Waals surface area contributed by atoms with Crippen molar-refractivity contribution in [3.63, 3.8) is 0 Å². The van der Waals surface area contributed by atoms with Crippen LogP contribution < -0.4 is 5.32 Å². The standard InChI is InChI=1S/C19H31N/c1-5-16-9-10-17(13-20-4)18(11-16)12-19-14(2)7-6-8-15(19)3/h6-8,16-18,20H,5,9-13H2,1-4H3. The molecule has 0 aliphatic heterocycles. The zero-order chi connectivity index (χ0) is 14.5. The lowest BCUT2D eigenvalue weighted by Crippen LogP contribution is -2.33. The molecule has 1 aromatic rings. The topological polar surface area (TPSA) is 12.0 Å². The normalized spacial score (nSPS) is 26.7. The Balaban J connectivity index is 2.14. The van der Waals surface area contributed by atoms with E-state index >= 15 is 0 Å². The lowest BCUT2D eigenvalue weighted by atomic mass is 9.70. The summed E-state index contributed by atoms with van der Waals surface area (Å²) in [6.07, 6.45) is 6.91. The van der Waals surface area contributed by atoms with Gasteiger partial charge in [-0.15, -0.1) is 0 Å². The summed E-state index contributed by atoms with van der Waals surface area (Å²) in [5.41, 5.74) is 4.56. The zero-order valence-corrected chi connectivity index (χ0v) is 13.7. The molecule has 0 saturated heterocycles. The number of hydrogen-bond donors (Lipinski definition) is 1. The van der Waals surface area contributed by atoms with Gasteiger partial charge < -0.3 is 5.32 Å². The summed E-state index contributed by atoms with van der Waals surface area (Å²) in [5, 5.41) is 3.42. The molecule has 1 fully saturated rings. The van der Waals surface area contributed by atoms with Crippen molar-refractivity contribution in [3.05, 3.63) is 34.9 Å². The predicted molar refractivity (Wildman–Crippen MR) is 88.2 cm³/mol. The van der Waals surface area contributed by atoms with Crippen molar-refractivity contribution in [2.75, 3.05) is 13.6 Å². The number of aryl methyl sites for hydroxylation is 2. The van der Waals surface area contributed by atoms with E-state index in [9.17, 15) is 0 Å². The molecule has 20 heavy (non-hydrogen) atoms. The minimum Gasteiger partial charge on any atom is -0.319 e. The third-order valence-electron chi connectivity index (χ3n) is 5.40. The molecule has 0 amide bonds. The molecule has 0 aromatic heterocycles. The first kappa shape index (κ1) is 15.6. The summed E-state index contributed by atoms with van der Waals surface area (Å²) < 4.78 is 0.